The fourth-order valence-corrected chi connectivity index (χ4v) is 6.72. The number of hydrogen-bond donors (Lipinski definition) is 3. The molecule has 7 atom stereocenters. The number of ether oxygens (including phenoxy) is 2. The number of hydrogen-bond acceptors (Lipinski definition) is 9. The molecule has 1 aliphatic carbocycles. The van der Waals surface area contributed by atoms with Gasteiger partial charge in [-0.2, -0.15) is 0 Å². The summed E-state index contributed by atoms with van der Waals surface area (Å²) in [6.45, 7) is -0.759. The van der Waals surface area contributed by atoms with Crippen LogP contribution >= 0.6 is 11.6 Å². The van der Waals surface area contributed by atoms with Gasteiger partial charge in [0.1, 0.15) is 30.0 Å². The Bertz CT molecular complexity index is 1740. The van der Waals surface area contributed by atoms with Gasteiger partial charge in [-0.15, -0.1) is 5.10 Å². The Kier molecular flexibility index (Phi) is 9.78. The zero-order valence-electron chi connectivity index (χ0n) is 25.2. The van der Waals surface area contributed by atoms with Gasteiger partial charge in [-0.3, -0.25) is 4.79 Å². The highest BCUT2D eigenvalue weighted by Gasteiger charge is 2.52. The van der Waals surface area contributed by atoms with E-state index >= 15 is 0 Å². The normalized spacial score (nSPS) is 26.4. The summed E-state index contributed by atoms with van der Waals surface area (Å²) in [5, 5.41) is 41.6. The van der Waals surface area contributed by atoms with Crippen molar-refractivity contribution in [1.82, 2.24) is 24.9 Å². The quantitative estimate of drug-likeness (QED) is 0.239. The Balaban J connectivity index is 1.37. The van der Waals surface area contributed by atoms with Gasteiger partial charge < -0.3 is 29.7 Å². The van der Waals surface area contributed by atoms with Gasteiger partial charge in [-0.1, -0.05) is 47.9 Å². The Morgan fingerprint density at radius 3 is 2.55 bits per heavy atom. The Morgan fingerprint density at radius 1 is 1.13 bits per heavy atom. The number of benzene rings is 2. The van der Waals surface area contributed by atoms with E-state index in [0.29, 0.717) is 29.1 Å². The average Bonchev–Trinajstić information content (AvgIpc) is 3.55. The summed E-state index contributed by atoms with van der Waals surface area (Å²) in [7, 11) is 1.30. The van der Waals surface area contributed by atoms with Crippen molar-refractivity contribution in [3.05, 3.63) is 76.8 Å². The van der Waals surface area contributed by atoms with Crippen LogP contribution in [0.25, 0.3) is 22.2 Å². The molecule has 2 aliphatic rings. The highest BCUT2D eigenvalue weighted by atomic mass is 35.5. The molecule has 0 bridgehead atoms. The molecular formula is C32H33ClF3N5O6. The fourth-order valence-electron chi connectivity index (χ4n) is 6.50. The van der Waals surface area contributed by atoms with Crippen LogP contribution in [0.15, 0.2) is 48.7 Å². The van der Waals surface area contributed by atoms with Crippen LogP contribution in [0.2, 0.25) is 5.02 Å². The van der Waals surface area contributed by atoms with Crippen LogP contribution in [0.1, 0.15) is 37.4 Å². The van der Waals surface area contributed by atoms with Gasteiger partial charge in [0.2, 0.25) is 0 Å². The van der Waals surface area contributed by atoms with Gasteiger partial charge in [0.05, 0.1) is 47.7 Å². The van der Waals surface area contributed by atoms with Crippen molar-refractivity contribution >= 4 is 28.4 Å². The van der Waals surface area contributed by atoms with Crippen molar-refractivity contribution in [2.45, 2.75) is 74.8 Å². The maximum Gasteiger partial charge on any atom is 0.255 e. The van der Waals surface area contributed by atoms with Crippen molar-refractivity contribution in [1.29, 1.82) is 0 Å². The van der Waals surface area contributed by atoms with Gasteiger partial charge in [-0.25, -0.2) is 22.8 Å². The van der Waals surface area contributed by atoms with E-state index in [1.165, 1.54) is 18.2 Å². The minimum atomic E-state index is -1.64. The average molecular weight is 676 g/mol. The third-order valence-electron chi connectivity index (χ3n) is 8.93. The second-order valence-corrected chi connectivity index (χ2v) is 12.2. The highest BCUT2D eigenvalue weighted by Crippen LogP contribution is 2.36. The Labute approximate surface area is 272 Å². The molecule has 11 nitrogen and oxygen atoms in total. The smallest absolute Gasteiger partial charge is 0.255 e. The molecule has 3 N–H and O–H groups in total. The lowest BCUT2D eigenvalue weighted by Crippen LogP contribution is -2.62. The molecule has 5 unspecified atom stereocenters. The van der Waals surface area contributed by atoms with Gasteiger partial charge >= 0.3 is 0 Å². The lowest BCUT2D eigenvalue weighted by Gasteiger charge is -2.46. The molecule has 15 heteroatoms. The molecule has 0 radical (unpaired) electrons. The van der Waals surface area contributed by atoms with Crippen LogP contribution in [0.3, 0.4) is 0 Å². The van der Waals surface area contributed by atoms with E-state index in [0.717, 1.165) is 35.0 Å². The van der Waals surface area contributed by atoms with Crippen LogP contribution in [-0.4, -0.2) is 96.4 Å². The van der Waals surface area contributed by atoms with Gasteiger partial charge in [-0.05, 0) is 37.1 Å². The lowest BCUT2D eigenvalue weighted by atomic mass is 9.88. The monoisotopic (exact) mass is 675 g/mol. The highest BCUT2D eigenvalue weighted by molar-refractivity contribution is 6.31. The first-order valence-corrected chi connectivity index (χ1v) is 15.6. The molecule has 2 aromatic carbocycles. The second-order valence-electron chi connectivity index (χ2n) is 11.8. The summed E-state index contributed by atoms with van der Waals surface area (Å²) >= 11 is 6.65. The van der Waals surface area contributed by atoms with Gasteiger partial charge in [0, 0.05) is 18.1 Å². The number of amides is 1. The van der Waals surface area contributed by atoms with E-state index in [2.05, 4.69) is 10.3 Å². The minimum absolute atomic E-state index is 0.0521. The molecule has 1 saturated heterocycles. The molecule has 1 saturated carbocycles. The van der Waals surface area contributed by atoms with Gasteiger partial charge in [0.25, 0.3) is 5.91 Å². The molecule has 6 rings (SSSR count). The molecular weight excluding hydrogens is 643 g/mol. The molecule has 4 aromatic rings. The third kappa shape index (κ3) is 6.45. The zero-order chi connectivity index (χ0) is 33.4. The number of para-hydroxylation sites is 1. The van der Waals surface area contributed by atoms with Crippen molar-refractivity contribution in [3.8, 4) is 11.3 Å². The first-order valence-electron chi connectivity index (χ1n) is 15.2. The number of halogens is 4. The zero-order valence-corrected chi connectivity index (χ0v) is 26.0. The maximum atomic E-state index is 14.6. The third-order valence-corrected chi connectivity index (χ3v) is 9.25. The number of fused-ring (bicyclic) bond motifs is 1. The molecule has 47 heavy (non-hydrogen) atoms. The standard InChI is InChI=1S/C32H33ClF3N5O6/c1-46-30-28(41-14-22(38-39-41)17-11-19(34)27(36)20(35)12-17)29(44)26(15-42)47-31(30)32(45)40(24-8-4-5-9-25(24)43)13-23-18(33)10-16-6-2-3-7-21(16)37-23/h2-3,6-7,10-12,14,24-26,28-31,42-44H,4-5,8-9,13,15H2,1H3/t24-,25-,26?,28?,29?,30?,31?/m0/s1. The lowest BCUT2D eigenvalue weighted by molar-refractivity contribution is -0.219. The Hall–Kier alpha value is -3.66. The van der Waals surface area contributed by atoms with Crippen molar-refractivity contribution in [2.75, 3.05) is 13.7 Å². The van der Waals surface area contributed by atoms with E-state index in [4.69, 9.17) is 26.1 Å². The number of carbonyl (C=O) groups excluding carboxylic acids is 1. The first kappa shape index (κ1) is 33.2. The van der Waals surface area contributed by atoms with E-state index < -0.39 is 72.6 Å². The first-order chi connectivity index (χ1) is 22.6. The Morgan fingerprint density at radius 2 is 1.85 bits per heavy atom. The minimum Gasteiger partial charge on any atom is -0.394 e. The summed E-state index contributed by atoms with van der Waals surface area (Å²) in [5.41, 5.74) is 0.894. The molecule has 1 aliphatic heterocycles. The van der Waals surface area contributed by atoms with E-state index in [-0.39, 0.29) is 17.8 Å². The SMILES string of the molecule is COC1C(C(=O)N(Cc2nc3ccccc3cc2Cl)[C@H]2CCCC[C@@H]2O)OC(CO)C(O)C1n1cc(-c2cc(F)c(F)c(F)c2)nn1. The van der Waals surface area contributed by atoms with Crippen molar-refractivity contribution < 1.29 is 42.8 Å². The molecule has 250 valence electrons. The summed E-state index contributed by atoms with van der Waals surface area (Å²) in [6.07, 6.45) is -2.48. The predicted octanol–water partition coefficient (Wildman–Crippen LogP) is 3.57. The fraction of sp³-hybridized carbons (Fsp3) is 0.438. The summed E-state index contributed by atoms with van der Waals surface area (Å²) < 4.78 is 54.4. The van der Waals surface area contributed by atoms with Crippen LogP contribution in [0.5, 0.6) is 0 Å². The molecule has 2 aromatic heterocycles. The van der Waals surface area contributed by atoms with Crippen LogP contribution in [0, 0.1) is 17.5 Å². The topological polar surface area (TPSA) is 143 Å². The summed E-state index contributed by atoms with van der Waals surface area (Å²) in [4.78, 5) is 20.7. The second kappa shape index (κ2) is 13.8. The number of rotatable bonds is 8. The van der Waals surface area contributed by atoms with Crippen molar-refractivity contribution in [2.24, 2.45) is 0 Å². The number of aromatic nitrogens is 4. The molecule has 0 spiro atoms. The summed E-state index contributed by atoms with van der Waals surface area (Å²) in [6, 6.07) is 8.83. The number of methoxy groups -OCH3 is 1. The molecule has 1 amide bonds. The van der Waals surface area contributed by atoms with Crippen LogP contribution < -0.4 is 0 Å². The summed E-state index contributed by atoms with van der Waals surface area (Å²) in [5.74, 6) is -5.09. The van der Waals surface area contributed by atoms with E-state index in [9.17, 15) is 33.3 Å². The number of nitrogens with zero attached hydrogens (tertiary/aromatic N) is 5. The predicted molar refractivity (Wildman–Crippen MR) is 162 cm³/mol. The number of pyridine rings is 1. The van der Waals surface area contributed by atoms with E-state index in [1.807, 2.05) is 24.3 Å². The van der Waals surface area contributed by atoms with E-state index in [1.54, 1.807) is 6.07 Å². The number of aliphatic hydroxyl groups excluding tert-OH is 3. The van der Waals surface area contributed by atoms with Crippen LogP contribution in [0.4, 0.5) is 13.2 Å². The largest absolute Gasteiger partial charge is 0.394 e. The van der Waals surface area contributed by atoms with Gasteiger partial charge in [0.15, 0.2) is 23.6 Å². The number of aliphatic hydroxyl groups is 3. The van der Waals surface area contributed by atoms with Crippen molar-refractivity contribution in [3.63, 3.8) is 0 Å². The van der Waals surface area contributed by atoms with Crippen LogP contribution in [-0.2, 0) is 20.8 Å². The maximum absolute atomic E-state index is 14.6. The number of carbonyl (C=O) groups is 1. The molecule has 3 heterocycles. The molecule has 2 fully saturated rings.